The molecular weight excluding hydrogens is 396 g/mol. The van der Waals surface area contributed by atoms with E-state index < -0.39 is 11.9 Å². The Morgan fingerprint density at radius 1 is 0.645 bits per heavy atom. The predicted octanol–water partition coefficient (Wildman–Crippen LogP) is 3.60. The van der Waals surface area contributed by atoms with Gasteiger partial charge in [0, 0.05) is 6.42 Å². The molecule has 0 N–H and O–H groups in total. The van der Waals surface area contributed by atoms with Crippen molar-refractivity contribution in [2.45, 2.75) is 44.9 Å². The molecule has 0 spiro atoms. The van der Waals surface area contributed by atoms with Gasteiger partial charge in [-0.05, 0) is 85.0 Å². The Labute approximate surface area is 182 Å². The Morgan fingerprint density at radius 3 is 1.58 bits per heavy atom. The highest BCUT2D eigenvalue weighted by Crippen LogP contribution is 2.27. The summed E-state index contributed by atoms with van der Waals surface area (Å²) in [7, 11) is 0. The summed E-state index contributed by atoms with van der Waals surface area (Å²) in [6.45, 7) is 0.0804. The monoisotopic (exact) mass is 424 g/mol. The fraction of sp³-hybridized carbons (Fsp3) is 0.440. The van der Waals surface area contributed by atoms with E-state index in [0.29, 0.717) is 17.9 Å². The summed E-state index contributed by atoms with van der Waals surface area (Å²) in [5.74, 6) is 0.503. The van der Waals surface area contributed by atoms with Gasteiger partial charge < -0.3 is 18.9 Å². The Balaban J connectivity index is 1.05. The molecule has 4 rings (SSSR count). The highest BCUT2D eigenvalue weighted by molar-refractivity contribution is 5.71. The number of carbonyl (C=O) groups excluding carboxylic acids is 2. The molecule has 2 aliphatic rings. The number of hydrogen-bond acceptors (Lipinski definition) is 6. The molecule has 0 heterocycles. The Kier molecular flexibility index (Phi) is 7.07. The minimum Gasteiger partial charge on any atom is -0.482 e. The van der Waals surface area contributed by atoms with Crippen molar-refractivity contribution in [3.63, 3.8) is 0 Å². The van der Waals surface area contributed by atoms with E-state index in [1.807, 2.05) is 24.3 Å². The summed E-state index contributed by atoms with van der Waals surface area (Å²) in [6.07, 6.45) is 7.12. The first-order valence-corrected chi connectivity index (χ1v) is 11.0. The lowest BCUT2D eigenvalue weighted by molar-refractivity contribution is -0.148. The first kappa shape index (κ1) is 21.2. The van der Waals surface area contributed by atoms with Crippen LogP contribution in [0.2, 0.25) is 0 Å². The third-order valence-electron chi connectivity index (χ3n) is 5.67. The van der Waals surface area contributed by atoms with Gasteiger partial charge in [-0.2, -0.15) is 0 Å². The van der Waals surface area contributed by atoms with Gasteiger partial charge in [0.15, 0.2) is 13.2 Å². The van der Waals surface area contributed by atoms with Crippen molar-refractivity contribution in [3.8, 4) is 11.5 Å². The van der Waals surface area contributed by atoms with Crippen LogP contribution in [0.15, 0.2) is 36.4 Å². The quantitative estimate of drug-likeness (QED) is 0.429. The number of hydrogen-bond donors (Lipinski definition) is 0. The number of esters is 2. The Hall–Kier alpha value is -3.02. The topological polar surface area (TPSA) is 71.1 Å². The van der Waals surface area contributed by atoms with Crippen LogP contribution >= 0.6 is 0 Å². The number of carbonyl (C=O) groups is 2. The number of aryl methyl sites for hydroxylation is 4. The lowest BCUT2D eigenvalue weighted by atomic mass is 10.1. The molecule has 0 atom stereocenters. The lowest BCUT2D eigenvalue weighted by Crippen LogP contribution is -2.18. The molecule has 0 saturated heterocycles. The van der Waals surface area contributed by atoms with E-state index in [4.69, 9.17) is 18.9 Å². The highest BCUT2D eigenvalue weighted by atomic mass is 16.6. The van der Waals surface area contributed by atoms with Gasteiger partial charge >= 0.3 is 11.9 Å². The maximum absolute atomic E-state index is 11.8. The molecule has 0 saturated carbocycles. The van der Waals surface area contributed by atoms with Gasteiger partial charge in [-0.15, -0.1) is 0 Å². The van der Waals surface area contributed by atoms with Crippen LogP contribution in [0.25, 0.3) is 0 Å². The van der Waals surface area contributed by atoms with Gasteiger partial charge in [0.25, 0.3) is 0 Å². The molecule has 164 valence electrons. The van der Waals surface area contributed by atoms with E-state index >= 15 is 0 Å². The second kappa shape index (κ2) is 10.3. The molecule has 0 aliphatic heterocycles. The minimum absolute atomic E-state index is 0.132. The largest absolute Gasteiger partial charge is 0.482 e. The summed E-state index contributed by atoms with van der Waals surface area (Å²) in [4.78, 5) is 23.6. The SMILES string of the molecule is O=C(COc1ccc2c(c1)CCC2)OCCCOC(=O)COc1ccc2c(c1)CCC2. The van der Waals surface area contributed by atoms with E-state index in [1.165, 1.54) is 35.1 Å². The third kappa shape index (κ3) is 6.00. The normalized spacial score (nSPS) is 13.9. The van der Waals surface area contributed by atoms with Crippen molar-refractivity contribution in [2.24, 2.45) is 0 Å². The second-order valence-corrected chi connectivity index (χ2v) is 7.94. The molecule has 2 aromatic rings. The molecule has 0 unspecified atom stereocenters. The molecule has 6 heteroatoms. The smallest absolute Gasteiger partial charge is 0.344 e. The summed E-state index contributed by atoms with van der Waals surface area (Å²) in [6, 6.07) is 11.9. The van der Waals surface area contributed by atoms with Gasteiger partial charge in [0.05, 0.1) is 13.2 Å². The van der Waals surface area contributed by atoms with Gasteiger partial charge in [0.2, 0.25) is 0 Å². The van der Waals surface area contributed by atoms with E-state index in [9.17, 15) is 9.59 Å². The Morgan fingerprint density at radius 2 is 1.10 bits per heavy atom. The number of benzene rings is 2. The zero-order chi connectivity index (χ0) is 21.5. The van der Waals surface area contributed by atoms with Crippen molar-refractivity contribution in [1.82, 2.24) is 0 Å². The van der Waals surface area contributed by atoms with E-state index in [2.05, 4.69) is 12.1 Å². The van der Waals surface area contributed by atoms with Crippen molar-refractivity contribution in [2.75, 3.05) is 26.4 Å². The molecular formula is C25H28O6. The first-order chi connectivity index (χ1) is 15.2. The number of fused-ring (bicyclic) bond motifs is 2. The lowest BCUT2D eigenvalue weighted by Gasteiger charge is -2.10. The average molecular weight is 424 g/mol. The molecule has 6 nitrogen and oxygen atoms in total. The van der Waals surface area contributed by atoms with E-state index in [1.54, 1.807) is 0 Å². The van der Waals surface area contributed by atoms with Gasteiger partial charge in [-0.1, -0.05) is 12.1 Å². The standard InChI is InChI=1S/C25H28O6/c26-24(16-30-22-10-8-18-4-1-6-20(18)14-22)28-12-3-13-29-25(27)17-31-23-11-9-19-5-2-7-21(19)15-23/h8-11,14-15H,1-7,12-13,16-17H2. The summed E-state index contributed by atoms with van der Waals surface area (Å²) >= 11 is 0. The molecule has 0 aromatic heterocycles. The minimum atomic E-state index is -0.438. The van der Waals surface area contributed by atoms with Crippen LogP contribution < -0.4 is 9.47 Å². The van der Waals surface area contributed by atoms with Crippen LogP contribution in [0, 0.1) is 0 Å². The maximum atomic E-state index is 11.8. The zero-order valence-corrected chi connectivity index (χ0v) is 17.7. The molecule has 0 fully saturated rings. The van der Waals surface area contributed by atoms with Gasteiger partial charge in [0.1, 0.15) is 11.5 Å². The summed E-state index contributed by atoms with van der Waals surface area (Å²) in [5, 5.41) is 0. The van der Waals surface area contributed by atoms with Crippen molar-refractivity contribution in [3.05, 3.63) is 58.7 Å². The van der Waals surface area contributed by atoms with Crippen molar-refractivity contribution >= 4 is 11.9 Å². The van der Waals surface area contributed by atoms with Crippen LogP contribution in [-0.4, -0.2) is 38.4 Å². The maximum Gasteiger partial charge on any atom is 0.344 e. The van der Waals surface area contributed by atoms with Gasteiger partial charge in [-0.3, -0.25) is 0 Å². The van der Waals surface area contributed by atoms with Crippen LogP contribution in [0.4, 0.5) is 0 Å². The van der Waals surface area contributed by atoms with Crippen molar-refractivity contribution in [1.29, 1.82) is 0 Å². The van der Waals surface area contributed by atoms with Crippen LogP contribution in [-0.2, 0) is 44.7 Å². The summed E-state index contributed by atoms with van der Waals surface area (Å²) in [5.41, 5.74) is 5.32. The fourth-order valence-electron chi connectivity index (χ4n) is 4.07. The highest BCUT2D eigenvalue weighted by Gasteiger charge is 2.13. The van der Waals surface area contributed by atoms with Crippen molar-refractivity contribution < 1.29 is 28.5 Å². The van der Waals surface area contributed by atoms with Crippen LogP contribution in [0.3, 0.4) is 0 Å². The first-order valence-electron chi connectivity index (χ1n) is 11.0. The molecule has 2 aliphatic carbocycles. The average Bonchev–Trinajstić information content (AvgIpc) is 3.44. The zero-order valence-electron chi connectivity index (χ0n) is 17.7. The molecule has 2 aromatic carbocycles. The van der Waals surface area contributed by atoms with E-state index in [0.717, 1.165) is 25.7 Å². The van der Waals surface area contributed by atoms with Crippen LogP contribution in [0.5, 0.6) is 11.5 Å². The molecule has 0 amide bonds. The second-order valence-electron chi connectivity index (χ2n) is 7.94. The fourth-order valence-corrected chi connectivity index (χ4v) is 4.07. The number of rotatable bonds is 10. The number of ether oxygens (including phenoxy) is 4. The molecule has 0 radical (unpaired) electrons. The molecule has 0 bridgehead atoms. The third-order valence-corrected chi connectivity index (χ3v) is 5.67. The molecule has 31 heavy (non-hydrogen) atoms. The Bertz CT molecular complexity index is 860. The summed E-state index contributed by atoms with van der Waals surface area (Å²) < 4.78 is 21.3. The predicted molar refractivity (Wildman–Crippen MR) is 114 cm³/mol. The van der Waals surface area contributed by atoms with E-state index in [-0.39, 0.29) is 26.4 Å². The van der Waals surface area contributed by atoms with Crippen LogP contribution in [0.1, 0.15) is 41.5 Å². The van der Waals surface area contributed by atoms with Gasteiger partial charge in [-0.25, -0.2) is 9.59 Å².